The van der Waals surface area contributed by atoms with Crippen molar-refractivity contribution < 1.29 is 24.6 Å². The minimum Gasteiger partial charge on any atom is -0.504 e. The van der Waals surface area contributed by atoms with E-state index in [0.717, 1.165) is 5.56 Å². The summed E-state index contributed by atoms with van der Waals surface area (Å²) in [5.41, 5.74) is 1.32. The molecule has 0 spiro atoms. The van der Waals surface area contributed by atoms with Crippen LogP contribution in [0.25, 0.3) is 0 Å². The maximum absolute atomic E-state index is 12.4. The standard InChI is InChI=1S/C23H27N3O5/c27-19-7-6-16(14-20(19)28)8-11-24-22(30)18-9-12-26(13-10-18)21(29)15-25-23(31)17-4-2-1-3-5-17/h1-7,14,18,27-28H,8-13,15H2,(H,24,30)(H,25,31). The number of hydrogen-bond donors (Lipinski definition) is 4. The summed E-state index contributed by atoms with van der Waals surface area (Å²) in [7, 11) is 0. The molecule has 1 saturated heterocycles. The molecule has 0 aromatic heterocycles. The maximum Gasteiger partial charge on any atom is 0.251 e. The summed E-state index contributed by atoms with van der Waals surface area (Å²) in [4.78, 5) is 38.5. The van der Waals surface area contributed by atoms with E-state index in [4.69, 9.17) is 0 Å². The van der Waals surface area contributed by atoms with Gasteiger partial charge in [-0.3, -0.25) is 14.4 Å². The number of carbonyl (C=O) groups excluding carboxylic acids is 3. The fourth-order valence-corrected chi connectivity index (χ4v) is 3.55. The average Bonchev–Trinajstić information content (AvgIpc) is 2.80. The van der Waals surface area contributed by atoms with E-state index < -0.39 is 0 Å². The number of nitrogens with zero attached hydrogens (tertiary/aromatic N) is 1. The smallest absolute Gasteiger partial charge is 0.251 e. The van der Waals surface area contributed by atoms with Crippen molar-refractivity contribution in [2.45, 2.75) is 19.3 Å². The first kappa shape index (κ1) is 22.1. The molecule has 2 aromatic rings. The average molecular weight is 425 g/mol. The Morgan fingerprint density at radius 2 is 1.65 bits per heavy atom. The van der Waals surface area contributed by atoms with Gasteiger partial charge in [-0.25, -0.2) is 0 Å². The first-order valence-corrected chi connectivity index (χ1v) is 10.3. The summed E-state index contributed by atoms with van der Waals surface area (Å²) in [6, 6.07) is 13.3. The van der Waals surface area contributed by atoms with Crippen LogP contribution >= 0.6 is 0 Å². The second-order valence-electron chi connectivity index (χ2n) is 7.57. The quantitative estimate of drug-likeness (QED) is 0.501. The van der Waals surface area contributed by atoms with E-state index in [9.17, 15) is 24.6 Å². The molecule has 0 atom stereocenters. The SMILES string of the molecule is O=C(NCC(=O)N1CCC(C(=O)NCCc2ccc(O)c(O)c2)CC1)c1ccccc1. The van der Waals surface area contributed by atoms with Crippen LogP contribution in [0.2, 0.25) is 0 Å². The predicted molar refractivity (Wildman–Crippen MR) is 115 cm³/mol. The number of amides is 3. The molecule has 3 amide bonds. The number of rotatable bonds is 7. The number of likely N-dealkylation sites (tertiary alicyclic amines) is 1. The van der Waals surface area contributed by atoms with E-state index in [-0.39, 0.29) is 41.7 Å². The number of aromatic hydroxyl groups is 2. The van der Waals surface area contributed by atoms with Gasteiger partial charge < -0.3 is 25.7 Å². The Balaban J connectivity index is 1.36. The van der Waals surface area contributed by atoms with Crippen LogP contribution in [0.15, 0.2) is 48.5 Å². The van der Waals surface area contributed by atoms with Crippen molar-refractivity contribution in [1.29, 1.82) is 0 Å². The summed E-state index contributed by atoms with van der Waals surface area (Å²) in [6.45, 7) is 1.31. The van der Waals surface area contributed by atoms with Gasteiger partial charge in [0, 0.05) is 31.1 Å². The van der Waals surface area contributed by atoms with E-state index in [1.54, 1.807) is 35.2 Å². The van der Waals surface area contributed by atoms with Gasteiger partial charge in [0.05, 0.1) is 6.54 Å². The molecule has 2 aromatic carbocycles. The summed E-state index contributed by atoms with van der Waals surface area (Å²) in [5, 5.41) is 24.4. The van der Waals surface area contributed by atoms with Gasteiger partial charge in [-0.05, 0) is 49.1 Å². The van der Waals surface area contributed by atoms with E-state index in [1.807, 2.05) is 6.07 Å². The van der Waals surface area contributed by atoms with Gasteiger partial charge in [0.25, 0.3) is 5.91 Å². The highest BCUT2D eigenvalue weighted by molar-refractivity contribution is 5.96. The van der Waals surface area contributed by atoms with Gasteiger partial charge >= 0.3 is 0 Å². The Morgan fingerprint density at radius 1 is 0.935 bits per heavy atom. The van der Waals surface area contributed by atoms with E-state index in [2.05, 4.69) is 10.6 Å². The monoisotopic (exact) mass is 425 g/mol. The molecule has 1 aliphatic rings. The lowest BCUT2D eigenvalue weighted by Gasteiger charge is -2.31. The first-order chi connectivity index (χ1) is 14.9. The Hall–Kier alpha value is -3.55. The van der Waals surface area contributed by atoms with Crippen LogP contribution in [0.5, 0.6) is 11.5 Å². The second kappa shape index (κ2) is 10.5. The molecule has 0 unspecified atom stereocenters. The van der Waals surface area contributed by atoms with Crippen LogP contribution in [-0.4, -0.2) is 59.0 Å². The zero-order valence-electron chi connectivity index (χ0n) is 17.2. The first-order valence-electron chi connectivity index (χ1n) is 10.3. The Bertz CT molecular complexity index is 924. The molecule has 0 aliphatic carbocycles. The molecule has 1 aliphatic heterocycles. The second-order valence-corrected chi connectivity index (χ2v) is 7.57. The van der Waals surface area contributed by atoms with Crippen LogP contribution in [0.1, 0.15) is 28.8 Å². The van der Waals surface area contributed by atoms with Crippen molar-refractivity contribution in [3.63, 3.8) is 0 Å². The number of nitrogens with one attached hydrogen (secondary N) is 2. The molecule has 8 nitrogen and oxygen atoms in total. The highest BCUT2D eigenvalue weighted by Crippen LogP contribution is 2.25. The van der Waals surface area contributed by atoms with Crippen LogP contribution in [0.3, 0.4) is 0 Å². The van der Waals surface area contributed by atoms with Crippen molar-refractivity contribution in [3.05, 3.63) is 59.7 Å². The molecule has 0 bridgehead atoms. The molecular formula is C23H27N3O5. The number of carbonyl (C=O) groups is 3. The van der Waals surface area contributed by atoms with E-state index >= 15 is 0 Å². The summed E-state index contributed by atoms with van der Waals surface area (Å²) >= 11 is 0. The number of phenolic OH excluding ortho intramolecular Hbond substituents is 2. The van der Waals surface area contributed by atoms with E-state index in [1.165, 1.54) is 12.1 Å². The van der Waals surface area contributed by atoms with Crippen molar-refractivity contribution in [2.24, 2.45) is 5.92 Å². The lowest BCUT2D eigenvalue weighted by atomic mass is 9.95. The van der Waals surface area contributed by atoms with Gasteiger partial charge in [0.1, 0.15) is 0 Å². The molecule has 4 N–H and O–H groups in total. The number of hydrogen-bond acceptors (Lipinski definition) is 5. The topological polar surface area (TPSA) is 119 Å². The molecule has 0 radical (unpaired) electrons. The van der Waals surface area contributed by atoms with Crippen LogP contribution < -0.4 is 10.6 Å². The summed E-state index contributed by atoms with van der Waals surface area (Å²) < 4.78 is 0. The van der Waals surface area contributed by atoms with Gasteiger partial charge in [0.15, 0.2) is 11.5 Å². The Labute approximate surface area is 180 Å². The van der Waals surface area contributed by atoms with E-state index in [0.29, 0.717) is 44.5 Å². The molecular weight excluding hydrogens is 398 g/mol. The van der Waals surface area contributed by atoms with Crippen molar-refractivity contribution in [1.82, 2.24) is 15.5 Å². The molecule has 0 saturated carbocycles. The van der Waals surface area contributed by atoms with Gasteiger partial charge in [0.2, 0.25) is 11.8 Å². The van der Waals surface area contributed by atoms with Crippen molar-refractivity contribution in [2.75, 3.05) is 26.2 Å². The molecule has 31 heavy (non-hydrogen) atoms. The largest absolute Gasteiger partial charge is 0.504 e. The maximum atomic E-state index is 12.4. The number of piperidine rings is 1. The fourth-order valence-electron chi connectivity index (χ4n) is 3.55. The summed E-state index contributed by atoms with van der Waals surface area (Å²) in [5.74, 6) is -1.00. The van der Waals surface area contributed by atoms with Crippen molar-refractivity contribution in [3.8, 4) is 11.5 Å². The lowest BCUT2D eigenvalue weighted by molar-refractivity contribution is -0.134. The Kier molecular flexibility index (Phi) is 7.48. The normalized spacial score (nSPS) is 14.1. The molecule has 164 valence electrons. The summed E-state index contributed by atoms with van der Waals surface area (Å²) in [6.07, 6.45) is 1.69. The minimum atomic E-state index is -0.287. The van der Waals surface area contributed by atoms with Gasteiger partial charge in [-0.1, -0.05) is 24.3 Å². The Morgan fingerprint density at radius 3 is 2.32 bits per heavy atom. The highest BCUT2D eigenvalue weighted by atomic mass is 16.3. The van der Waals surface area contributed by atoms with Crippen LogP contribution in [0.4, 0.5) is 0 Å². The molecule has 3 rings (SSSR count). The zero-order valence-corrected chi connectivity index (χ0v) is 17.2. The van der Waals surface area contributed by atoms with Gasteiger partial charge in [-0.15, -0.1) is 0 Å². The third-order valence-electron chi connectivity index (χ3n) is 5.41. The lowest BCUT2D eigenvalue weighted by Crippen LogP contribution is -2.46. The minimum absolute atomic E-state index is 0.0486. The number of phenols is 2. The van der Waals surface area contributed by atoms with Crippen LogP contribution in [0, 0.1) is 5.92 Å². The zero-order chi connectivity index (χ0) is 22.2. The third kappa shape index (κ3) is 6.21. The van der Waals surface area contributed by atoms with Crippen molar-refractivity contribution >= 4 is 17.7 Å². The van der Waals surface area contributed by atoms with Gasteiger partial charge in [-0.2, -0.15) is 0 Å². The molecule has 8 heteroatoms. The fraction of sp³-hybridized carbons (Fsp3) is 0.348. The predicted octanol–water partition coefficient (Wildman–Crippen LogP) is 1.43. The number of benzene rings is 2. The van der Waals surface area contributed by atoms with Crippen LogP contribution in [-0.2, 0) is 16.0 Å². The molecule has 1 fully saturated rings. The third-order valence-corrected chi connectivity index (χ3v) is 5.41. The molecule has 1 heterocycles. The highest BCUT2D eigenvalue weighted by Gasteiger charge is 2.27.